The van der Waals surface area contributed by atoms with Crippen molar-refractivity contribution in [2.45, 2.75) is 33.1 Å². The third-order valence-electron chi connectivity index (χ3n) is 4.35. The van der Waals surface area contributed by atoms with Crippen molar-refractivity contribution in [2.24, 2.45) is 5.92 Å². The van der Waals surface area contributed by atoms with E-state index in [1.807, 2.05) is 17.2 Å². The lowest BCUT2D eigenvalue weighted by molar-refractivity contribution is -0.132. The van der Waals surface area contributed by atoms with Crippen molar-refractivity contribution in [3.05, 3.63) is 35.5 Å². The Labute approximate surface area is 120 Å². The van der Waals surface area contributed by atoms with E-state index in [9.17, 15) is 4.79 Å². The number of aryl methyl sites for hydroxylation is 1. The first kappa shape index (κ1) is 13.2. The summed E-state index contributed by atoms with van der Waals surface area (Å²) in [4.78, 5) is 17.8. The Morgan fingerprint density at radius 2 is 2.30 bits per heavy atom. The molecule has 2 aromatic rings. The van der Waals surface area contributed by atoms with Crippen LogP contribution in [0.4, 0.5) is 0 Å². The van der Waals surface area contributed by atoms with Gasteiger partial charge in [0.15, 0.2) is 0 Å². The molecule has 1 aliphatic rings. The lowest BCUT2D eigenvalue weighted by atomic mass is 9.99. The molecule has 3 heteroatoms. The first-order valence-corrected chi connectivity index (χ1v) is 7.48. The standard InChI is InChI=1S/C17H22N2O/c1-12-5-4-8-19(11-12)16(20)9-14-10-18-15-7-3-6-13(2)17(14)15/h3,6-7,10,12,18H,4-5,8-9,11H2,1-2H3. The molecular weight excluding hydrogens is 248 g/mol. The van der Waals surface area contributed by atoms with Crippen molar-refractivity contribution < 1.29 is 4.79 Å². The highest BCUT2D eigenvalue weighted by Gasteiger charge is 2.21. The smallest absolute Gasteiger partial charge is 0.227 e. The van der Waals surface area contributed by atoms with Crippen molar-refractivity contribution in [3.8, 4) is 0 Å². The van der Waals surface area contributed by atoms with Gasteiger partial charge in [-0.15, -0.1) is 0 Å². The van der Waals surface area contributed by atoms with E-state index in [0.717, 1.165) is 30.6 Å². The number of fused-ring (bicyclic) bond motifs is 1. The van der Waals surface area contributed by atoms with Gasteiger partial charge in [-0.3, -0.25) is 4.79 Å². The van der Waals surface area contributed by atoms with E-state index >= 15 is 0 Å². The summed E-state index contributed by atoms with van der Waals surface area (Å²) >= 11 is 0. The summed E-state index contributed by atoms with van der Waals surface area (Å²) in [5.74, 6) is 0.901. The van der Waals surface area contributed by atoms with Crippen LogP contribution in [0.5, 0.6) is 0 Å². The van der Waals surface area contributed by atoms with E-state index in [4.69, 9.17) is 0 Å². The summed E-state index contributed by atoms with van der Waals surface area (Å²) in [5, 5.41) is 1.21. The maximum atomic E-state index is 12.5. The third kappa shape index (κ3) is 2.45. The lowest BCUT2D eigenvalue weighted by Gasteiger charge is -2.31. The van der Waals surface area contributed by atoms with Gasteiger partial charge < -0.3 is 9.88 Å². The van der Waals surface area contributed by atoms with Crippen LogP contribution >= 0.6 is 0 Å². The molecule has 3 nitrogen and oxygen atoms in total. The van der Waals surface area contributed by atoms with Crippen LogP contribution in [0.15, 0.2) is 24.4 Å². The molecule has 0 saturated carbocycles. The van der Waals surface area contributed by atoms with Crippen LogP contribution in [-0.4, -0.2) is 28.9 Å². The van der Waals surface area contributed by atoms with Crippen LogP contribution in [0.1, 0.15) is 30.9 Å². The van der Waals surface area contributed by atoms with Gasteiger partial charge in [0.1, 0.15) is 0 Å². The fraction of sp³-hybridized carbons (Fsp3) is 0.471. The SMILES string of the molecule is Cc1cccc2[nH]cc(CC(=O)N3CCCC(C)C3)c12. The molecule has 1 atom stereocenters. The summed E-state index contributed by atoms with van der Waals surface area (Å²) in [6, 6.07) is 6.22. The van der Waals surface area contributed by atoms with Crippen LogP contribution in [0.2, 0.25) is 0 Å². The molecule has 0 spiro atoms. The number of carbonyl (C=O) groups excluding carboxylic acids is 1. The molecule has 1 aromatic carbocycles. The number of hydrogen-bond acceptors (Lipinski definition) is 1. The van der Waals surface area contributed by atoms with Crippen LogP contribution in [0, 0.1) is 12.8 Å². The molecule has 3 rings (SSSR count). The average molecular weight is 270 g/mol. The van der Waals surface area contributed by atoms with Gasteiger partial charge in [0.25, 0.3) is 0 Å². The van der Waals surface area contributed by atoms with Gasteiger partial charge in [-0.25, -0.2) is 0 Å². The minimum absolute atomic E-state index is 0.265. The molecule has 106 valence electrons. The Morgan fingerprint density at radius 1 is 1.45 bits per heavy atom. The molecule has 1 aliphatic heterocycles. The van der Waals surface area contributed by atoms with Crippen LogP contribution in [-0.2, 0) is 11.2 Å². The van der Waals surface area contributed by atoms with Crippen molar-refractivity contribution in [1.82, 2.24) is 9.88 Å². The van der Waals surface area contributed by atoms with E-state index < -0.39 is 0 Å². The van der Waals surface area contributed by atoms with Gasteiger partial charge in [0, 0.05) is 30.2 Å². The molecule has 1 unspecified atom stereocenters. The molecule has 1 fully saturated rings. The highest BCUT2D eigenvalue weighted by atomic mass is 16.2. The van der Waals surface area contributed by atoms with Crippen molar-refractivity contribution >= 4 is 16.8 Å². The number of aromatic amines is 1. The number of carbonyl (C=O) groups is 1. The maximum absolute atomic E-state index is 12.5. The molecule has 20 heavy (non-hydrogen) atoms. The highest BCUT2D eigenvalue weighted by Crippen LogP contribution is 2.24. The first-order chi connectivity index (χ1) is 9.65. The average Bonchev–Trinajstić information content (AvgIpc) is 2.83. The zero-order valence-electron chi connectivity index (χ0n) is 12.3. The maximum Gasteiger partial charge on any atom is 0.227 e. The number of amides is 1. The molecule has 2 heterocycles. The summed E-state index contributed by atoms with van der Waals surface area (Å²) in [6.45, 7) is 6.17. The van der Waals surface area contributed by atoms with Gasteiger partial charge >= 0.3 is 0 Å². The number of piperidine rings is 1. The zero-order valence-corrected chi connectivity index (χ0v) is 12.3. The van der Waals surface area contributed by atoms with E-state index in [-0.39, 0.29) is 5.91 Å². The number of nitrogens with zero attached hydrogens (tertiary/aromatic N) is 1. The fourth-order valence-corrected chi connectivity index (χ4v) is 3.28. The largest absolute Gasteiger partial charge is 0.361 e. The Kier molecular flexibility index (Phi) is 3.51. The second kappa shape index (κ2) is 5.31. The van der Waals surface area contributed by atoms with Crippen LogP contribution in [0.3, 0.4) is 0 Å². The molecule has 1 aromatic heterocycles. The molecule has 0 radical (unpaired) electrons. The number of rotatable bonds is 2. The minimum atomic E-state index is 0.265. The van der Waals surface area contributed by atoms with E-state index in [1.165, 1.54) is 17.4 Å². The predicted octanol–water partition coefficient (Wildman–Crippen LogP) is 3.28. The molecule has 1 amide bonds. The fourth-order valence-electron chi connectivity index (χ4n) is 3.28. The number of likely N-dealkylation sites (tertiary alicyclic amines) is 1. The Hall–Kier alpha value is -1.77. The first-order valence-electron chi connectivity index (χ1n) is 7.48. The number of nitrogens with one attached hydrogen (secondary N) is 1. The summed E-state index contributed by atoms with van der Waals surface area (Å²) in [6.07, 6.45) is 4.89. The van der Waals surface area contributed by atoms with E-state index in [0.29, 0.717) is 12.3 Å². The summed E-state index contributed by atoms with van der Waals surface area (Å²) < 4.78 is 0. The van der Waals surface area contributed by atoms with E-state index in [2.05, 4.69) is 31.0 Å². The highest BCUT2D eigenvalue weighted by molar-refractivity contribution is 5.91. The Balaban J connectivity index is 1.81. The molecule has 1 saturated heterocycles. The second-order valence-electron chi connectivity index (χ2n) is 6.08. The van der Waals surface area contributed by atoms with Crippen LogP contribution < -0.4 is 0 Å². The second-order valence-corrected chi connectivity index (χ2v) is 6.08. The molecule has 0 bridgehead atoms. The molecule has 0 aliphatic carbocycles. The summed E-state index contributed by atoms with van der Waals surface area (Å²) in [5.41, 5.74) is 3.49. The monoisotopic (exact) mass is 270 g/mol. The molecular formula is C17H22N2O. The van der Waals surface area contributed by atoms with Gasteiger partial charge in [-0.1, -0.05) is 19.1 Å². The number of benzene rings is 1. The van der Waals surface area contributed by atoms with E-state index in [1.54, 1.807) is 0 Å². The summed E-state index contributed by atoms with van der Waals surface area (Å²) in [7, 11) is 0. The van der Waals surface area contributed by atoms with Gasteiger partial charge in [-0.2, -0.15) is 0 Å². The Morgan fingerprint density at radius 3 is 3.10 bits per heavy atom. The van der Waals surface area contributed by atoms with Crippen LogP contribution in [0.25, 0.3) is 10.9 Å². The quantitative estimate of drug-likeness (QED) is 0.893. The number of hydrogen-bond donors (Lipinski definition) is 1. The molecule has 1 N–H and O–H groups in total. The third-order valence-corrected chi connectivity index (χ3v) is 4.35. The van der Waals surface area contributed by atoms with Gasteiger partial charge in [0.05, 0.1) is 6.42 Å². The number of H-pyrrole nitrogens is 1. The lowest BCUT2D eigenvalue weighted by Crippen LogP contribution is -2.39. The Bertz CT molecular complexity index is 629. The zero-order chi connectivity index (χ0) is 14.1. The van der Waals surface area contributed by atoms with Crippen molar-refractivity contribution in [1.29, 1.82) is 0 Å². The minimum Gasteiger partial charge on any atom is -0.361 e. The predicted molar refractivity (Wildman–Crippen MR) is 81.7 cm³/mol. The van der Waals surface area contributed by atoms with Crippen molar-refractivity contribution in [2.75, 3.05) is 13.1 Å². The van der Waals surface area contributed by atoms with Gasteiger partial charge in [0.2, 0.25) is 5.91 Å². The normalized spacial score (nSPS) is 19.5. The van der Waals surface area contributed by atoms with Gasteiger partial charge in [-0.05, 0) is 42.9 Å². The topological polar surface area (TPSA) is 36.1 Å². The number of aromatic nitrogens is 1. The van der Waals surface area contributed by atoms with Crippen molar-refractivity contribution in [3.63, 3.8) is 0 Å².